The topological polar surface area (TPSA) is 32.3 Å². The highest BCUT2D eigenvalue weighted by atomic mass is 16.3. The van der Waals surface area contributed by atoms with Crippen molar-refractivity contribution in [3.63, 3.8) is 0 Å². The molecule has 0 aromatic carbocycles. The van der Waals surface area contributed by atoms with Crippen LogP contribution in [0.5, 0.6) is 0 Å². The Morgan fingerprint density at radius 1 is 1.00 bits per heavy atom. The molecule has 2 heteroatoms. The quantitative estimate of drug-likeness (QED) is 0.804. The Kier molecular flexibility index (Phi) is 5.25. The number of nitrogens with one attached hydrogen (secondary N) is 1. The summed E-state index contributed by atoms with van der Waals surface area (Å²) in [6.07, 6.45) is 4.56. The molecule has 1 rings (SSSR count). The van der Waals surface area contributed by atoms with Gasteiger partial charge in [0.25, 0.3) is 0 Å². The van der Waals surface area contributed by atoms with Gasteiger partial charge in [0.05, 0.1) is 5.60 Å². The van der Waals surface area contributed by atoms with Crippen molar-refractivity contribution >= 4 is 0 Å². The van der Waals surface area contributed by atoms with Crippen LogP contribution in [0.3, 0.4) is 0 Å². The summed E-state index contributed by atoms with van der Waals surface area (Å²) in [6.45, 7) is 14.1. The molecule has 0 aromatic rings. The van der Waals surface area contributed by atoms with Gasteiger partial charge in [0.1, 0.15) is 0 Å². The molecule has 0 saturated heterocycles. The smallest absolute Gasteiger partial charge is 0.0660 e. The molecule has 3 atom stereocenters. The van der Waals surface area contributed by atoms with Crippen LogP contribution in [0.15, 0.2) is 0 Å². The molecule has 0 heterocycles. The largest absolute Gasteiger partial charge is 0.390 e. The number of rotatable bonds is 4. The molecule has 2 nitrogen and oxygen atoms in total. The van der Waals surface area contributed by atoms with Crippen molar-refractivity contribution in [1.29, 1.82) is 0 Å². The van der Waals surface area contributed by atoms with E-state index in [-0.39, 0.29) is 5.54 Å². The van der Waals surface area contributed by atoms with Gasteiger partial charge in [-0.05, 0) is 77.7 Å². The fourth-order valence-corrected chi connectivity index (χ4v) is 3.35. The normalized spacial score (nSPS) is 33.2. The van der Waals surface area contributed by atoms with Crippen LogP contribution in [0.4, 0.5) is 0 Å². The Balaban J connectivity index is 2.46. The van der Waals surface area contributed by atoms with Crippen LogP contribution >= 0.6 is 0 Å². The van der Waals surface area contributed by atoms with Gasteiger partial charge in [0.2, 0.25) is 0 Å². The summed E-state index contributed by atoms with van der Waals surface area (Å²) in [4.78, 5) is 0. The van der Waals surface area contributed by atoms with E-state index < -0.39 is 5.60 Å². The van der Waals surface area contributed by atoms with E-state index in [0.717, 1.165) is 24.8 Å². The number of aliphatic hydroxyl groups is 1. The van der Waals surface area contributed by atoms with Gasteiger partial charge in [0.15, 0.2) is 0 Å². The lowest BCUT2D eigenvalue weighted by Crippen LogP contribution is -2.44. The first-order valence-electron chi connectivity index (χ1n) is 7.57. The van der Waals surface area contributed by atoms with Crippen molar-refractivity contribution < 1.29 is 5.11 Å². The molecule has 1 saturated carbocycles. The SMILES string of the molecule is CC1CC(C)CC(C(C)(O)CCNC(C)(C)C)C1. The summed E-state index contributed by atoms with van der Waals surface area (Å²) in [5, 5.41) is 14.2. The Morgan fingerprint density at radius 3 is 1.94 bits per heavy atom. The molecule has 1 aliphatic carbocycles. The Bertz CT molecular complexity index is 244. The van der Waals surface area contributed by atoms with Crippen molar-refractivity contribution in [3.8, 4) is 0 Å². The summed E-state index contributed by atoms with van der Waals surface area (Å²) < 4.78 is 0. The van der Waals surface area contributed by atoms with E-state index in [4.69, 9.17) is 0 Å². The van der Waals surface area contributed by atoms with Crippen LogP contribution in [0.25, 0.3) is 0 Å². The Hall–Kier alpha value is -0.0800. The highest BCUT2D eigenvalue weighted by Crippen LogP contribution is 2.39. The third-order valence-electron chi connectivity index (χ3n) is 4.34. The fourth-order valence-electron chi connectivity index (χ4n) is 3.35. The second-order valence-corrected chi connectivity index (χ2v) is 7.90. The van der Waals surface area contributed by atoms with E-state index in [0.29, 0.717) is 5.92 Å². The zero-order valence-corrected chi connectivity index (χ0v) is 13.2. The molecule has 108 valence electrons. The maximum absolute atomic E-state index is 10.7. The van der Waals surface area contributed by atoms with Crippen molar-refractivity contribution in [2.45, 2.75) is 78.4 Å². The summed E-state index contributed by atoms with van der Waals surface area (Å²) in [7, 11) is 0. The molecule has 0 amide bonds. The van der Waals surface area contributed by atoms with Gasteiger partial charge >= 0.3 is 0 Å². The molecule has 0 aromatic heterocycles. The lowest BCUT2D eigenvalue weighted by atomic mass is 9.69. The highest BCUT2D eigenvalue weighted by molar-refractivity contribution is 4.89. The zero-order chi connectivity index (χ0) is 14.0. The van der Waals surface area contributed by atoms with Crippen LogP contribution in [0.2, 0.25) is 0 Å². The minimum atomic E-state index is -0.513. The second kappa shape index (κ2) is 5.92. The zero-order valence-electron chi connectivity index (χ0n) is 13.2. The van der Waals surface area contributed by atoms with Gasteiger partial charge in [-0.25, -0.2) is 0 Å². The second-order valence-electron chi connectivity index (χ2n) is 7.90. The number of hydrogen-bond acceptors (Lipinski definition) is 2. The monoisotopic (exact) mass is 255 g/mol. The van der Waals surface area contributed by atoms with Crippen LogP contribution in [-0.4, -0.2) is 22.8 Å². The van der Waals surface area contributed by atoms with Gasteiger partial charge in [-0.3, -0.25) is 0 Å². The fraction of sp³-hybridized carbons (Fsp3) is 1.00. The maximum Gasteiger partial charge on any atom is 0.0660 e. The van der Waals surface area contributed by atoms with E-state index in [1.807, 2.05) is 6.92 Å². The van der Waals surface area contributed by atoms with E-state index in [1.54, 1.807) is 0 Å². The first-order valence-corrected chi connectivity index (χ1v) is 7.57. The predicted octanol–water partition coefficient (Wildman–Crippen LogP) is 3.59. The molecule has 0 spiro atoms. The van der Waals surface area contributed by atoms with Gasteiger partial charge < -0.3 is 10.4 Å². The minimum absolute atomic E-state index is 0.142. The lowest BCUT2D eigenvalue weighted by molar-refractivity contribution is -0.0400. The van der Waals surface area contributed by atoms with Gasteiger partial charge in [0, 0.05) is 5.54 Å². The molecule has 0 bridgehead atoms. The average molecular weight is 255 g/mol. The molecule has 0 radical (unpaired) electrons. The van der Waals surface area contributed by atoms with Crippen LogP contribution < -0.4 is 5.32 Å². The van der Waals surface area contributed by atoms with Crippen LogP contribution in [0, 0.1) is 17.8 Å². The van der Waals surface area contributed by atoms with Crippen LogP contribution in [-0.2, 0) is 0 Å². The molecule has 1 fully saturated rings. The van der Waals surface area contributed by atoms with Crippen molar-refractivity contribution in [3.05, 3.63) is 0 Å². The molecular weight excluding hydrogens is 222 g/mol. The van der Waals surface area contributed by atoms with E-state index in [1.165, 1.54) is 19.3 Å². The van der Waals surface area contributed by atoms with Gasteiger partial charge in [-0.2, -0.15) is 0 Å². The molecule has 2 N–H and O–H groups in total. The third kappa shape index (κ3) is 5.27. The molecule has 18 heavy (non-hydrogen) atoms. The number of hydrogen-bond donors (Lipinski definition) is 2. The Morgan fingerprint density at radius 2 is 1.50 bits per heavy atom. The average Bonchev–Trinajstić information content (AvgIpc) is 2.13. The van der Waals surface area contributed by atoms with E-state index in [9.17, 15) is 5.11 Å². The van der Waals surface area contributed by atoms with Crippen molar-refractivity contribution in [2.75, 3.05) is 6.54 Å². The highest BCUT2D eigenvalue weighted by Gasteiger charge is 2.36. The van der Waals surface area contributed by atoms with Crippen LogP contribution in [0.1, 0.15) is 67.2 Å². The lowest BCUT2D eigenvalue weighted by Gasteiger charge is -2.41. The Labute approximate surface area is 114 Å². The predicted molar refractivity (Wildman–Crippen MR) is 78.7 cm³/mol. The molecule has 3 unspecified atom stereocenters. The first-order chi connectivity index (χ1) is 8.10. The summed E-state index contributed by atoms with van der Waals surface area (Å²) in [5.74, 6) is 2.00. The summed E-state index contributed by atoms with van der Waals surface area (Å²) in [6, 6.07) is 0. The third-order valence-corrected chi connectivity index (χ3v) is 4.34. The first kappa shape index (κ1) is 16.0. The van der Waals surface area contributed by atoms with E-state index >= 15 is 0 Å². The summed E-state index contributed by atoms with van der Waals surface area (Å²) >= 11 is 0. The van der Waals surface area contributed by atoms with Crippen molar-refractivity contribution in [2.24, 2.45) is 17.8 Å². The minimum Gasteiger partial charge on any atom is -0.390 e. The standard InChI is InChI=1S/C16H33NO/c1-12-9-13(2)11-14(10-12)16(6,18)7-8-17-15(3,4)5/h12-14,17-18H,7-11H2,1-6H3. The van der Waals surface area contributed by atoms with Gasteiger partial charge in [-0.15, -0.1) is 0 Å². The summed E-state index contributed by atoms with van der Waals surface area (Å²) in [5.41, 5.74) is -0.371. The molecule has 0 aliphatic heterocycles. The molecule has 1 aliphatic rings. The van der Waals surface area contributed by atoms with Crippen molar-refractivity contribution in [1.82, 2.24) is 5.32 Å². The maximum atomic E-state index is 10.7. The van der Waals surface area contributed by atoms with E-state index in [2.05, 4.69) is 39.9 Å². The molecular formula is C16H33NO. The van der Waals surface area contributed by atoms with Gasteiger partial charge in [-0.1, -0.05) is 13.8 Å².